The van der Waals surface area contributed by atoms with Gasteiger partial charge in [0.1, 0.15) is 19.3 Å². The minimum absolute atomic E-state index is 0.0388. The number of allylic oxidation sites excluding steroid dienone is 17. The Morgan fingerprint density at radius 3 is 1.54 bits per heavy atom. The molecule has 0 aromatic heterocycles. The third-order valence-electron chi connectivity index (χ3n) is 11.6. The molecule has 400 valence electrons. The largest absolute Gasteiger partial charge is 0.756 e. The monoisotopic (exact) mass is 995 g/mol. The van der Waals surface area contributed by atoms with Gasteiger partial charge >= 0.3 is 5.97 Å². The van der Waals surface area contributed by atoms with E-state index >= 15 is 0 Å². The summed E-state index contributed by atoms with van der Waals surface area (Å²) in [5, 5.41) is 2.99. The molecule has 0 radical (unpaired) electrons. The molecule has 9 nitrogen and oxygen atoms in total. The van der Waals surface area contributed by atoms with Crippen molar-refractivity contribution in [2.45, 2.75) is 219 Å². The summed E-state index contributed by atoms with van der Waals surface area (Å²) in [6.45, 7) is 6.52. The van der Waals surface area contributed by atoms with E-state index in [1.807, 2.05) is 94.1 Å². The molecule has 3 unspecified atom stereocenters. The second-order valence-electron chi connectivity index (χ2n) is 19.5. The summed E-state index contributed by atoms with van der Waals surface area (Å²) < 4.78 is 30.2. The zero-order valence-electron chi connectivity index (χ0n) is 45.4. The van der Waals surface area contributed by atoms with Gasteiger partial charge in [-0.25, -0.2) is 0 Å². The van der Waals surface area contributed by atoms with Crippen molar-refractivity contribution in [3.63, 3.8) is 0 Å². The second-order valence-corrected chi connectivity index (χ2v) is 20.9. The van der Waals surface area contributed by atoms with Crippen molar-refractivity contribution in [2.24, 2.45) is 0 Å². The molecule has 10 heteroatoms. The SMILES string of the molecule is CC\C=C/C=C/C=C/C=C\C=C\C=C\CCCCCC(=O)NC(COP(=O)([O-])OCC[N+](C)(C)C)C(/C=C/CCCCCCCCCCCCC)OC(=O)CCCCCCCCC/C=C/C/C=C/CC. The number of likely N-dealkylation sites (N-methyl/N-ethyl adjacent to an activating group) is 1. The van der Waals surface area contributed by atoms with Gasteiger partial charge in [0.15, 0.2) is 0 Å². The van der Waals surface area contributed by atoms with E-state index in [-0.39, 0.29) is 31.3 Å². The summed E-state index contributed by atoms with van der Waals surface area (Å²) in [5.41, 5.74) is 0. The van der Waals surface area contributed by atoms with Gasteiger partial charge in [0.2, 0.25) is 5.91 Å². The molecule has 0 aliphatic rings. The smallest absolute Gasteiger partial charge is 0.306 e. The van der Waals surface area contributed by atoms with E-state index in [1.54, 1.807) is 0 Å². The Balaban J connectivity index is 5.52. The zero-order chi connectivity index (χ0) is 51.5. The van der Waals surface area contributed by atoms with E-state index in [2.05, 4.69) is 62.5 Å². The van der Waals surface area contributed by atoms with Gasteiger partial charge in [-0.05, 0) is 76.7 Å². The molecule has 0 fully saturated rings. The molecular formula is C60H103N2O7P. The highest BCUT2D eigenvalue weighted by Gasteiger charge is 2.27. The summed E-state index contributed by atoms with van der Waals surface area (Å²) in [5.74, 6) is -0.611. The van der Waals surface area contributed by atoms with Crippen molar-refractivity contribution < 1.29 is 37.3 Å². The third kappa shape index (κ3) is 49.6. The number of nitrogens with one attached hydrogen (secondary N) is 1. The summed E-state index contributed by atoms with van der Waals surface area (Å²) >= 11 is 0. The Morgan fingerprint density at radius 2 is 0.986 bits per heavy atom. The first-order chi connectivity index (χ1) is 33.9. The van der Waals surface area contributed by atoms with Crippen molar-refractivity contribution >= 4 is 19.7 Å². The van der Waals surface area contributed by atoms with Gasteiger partial charge in [0.25, 0.3) is 7.82 Å². The lowest BCUT2D eigenvalue weighted by molar-refractivity contribution is -0.870. The predicted molar refractivity (Wildman–Crippen MR) is 297 cm³/mol. The first-order valence-corrected chi connectivity index (χ1v) is 29.2. The topological polar surface area (TPSA) is 114 Å². The lowest BCUT2D eigenvalue weighted by atomic mass is 10.0. The highest BCUT2D eigenvalue weighted by atomic mass is 31.2. The Kier molecular flexibility index (Phi) is 46.9. The predicted octanol–water partition coefficient (Wildman–Crippen LogP) is 16.0. The maximum Gasteiger partial charge on any atom is 0.306 e. The van der Waals surface area contributed by atoms with Crippen LogP contribution in [0, 0.1) is 0 Å². The molecule has 0 saturated carbocycles. The number of nitrogens with zero attached hydrogens (tertiary/aromatic N) is 1. The van der Waals surface area contributed by atoms with Gasteiger partial charge in [-0.15, -0.1) is 0 Å². The van der Waals surface area contributed by atoms with Crippen molar-refractivity contribution in [3.05, 3.63) is 109 Å². The minimum Gasteiger partial charge on any atom is -0.756 e. The van der Waals surface area contributed by atoms with Gasteiger partial charge in [-0.1, -0.05) is 227 Å². The standard InChI is InChI=1S/C60H103N2O7P/c1-7-10-13-16-19-22-25-28-30-31-32-34-37-40-43-46-49-52-59(63)61-57(56-68-70(65,66)67-55-54-62(4,5)6)58(51-48-45-42-39-36-33-27-24-21-18-15-12-9-3)69-60(64)53-50-47-44-41-38-35-29-26-23-20-17-14-11-8-2/h10-11,13-14,16,19-20,22-23,25,28,30-32,34,37,48,51,57-58H,7-9,12,15,17-18,21,24,26-27,29,33,35-36,38-47,49-50,52-56H2,1-6H3,(H-,61,63,65,66)/b13-10-,14-11+,19-16+,23-20+,25-22+,30-28-,32-31+,37-34+,51-48+. The first-order valence-electron chi connectivity index (χ1n) is 27.8. The summed E-state index contributed by atoms with van der Waals surface area (Å²) in [6.07, 6.45) is 66.2. The fraction of sp³-hybridized carbons (Fsp3) is 0.667. The van der Waals surface area contributed by atoms with E-state index in [4.69, 9.17) is 13.8 Å². The van der Waals surface area contributed by atoms with Crippen LogP contribution in [0.4, 0.5) is 0 Å². The molecule has 0 spiro atoms. The number of amides is 1. The molecule has 0 aliphatic carbocycles. The number of phosphoric acid groups is 1. The number of hydrogen-bond acceptors (Lipinski definition) is 7. The maximum atomic E-state index is 13.5. The highest BCUT2D eigenvalue weighted by molar-refractivity contribution is 7.45. The highest BCUT2D eigenvalue weighted by Crippen LogP contribution is 2.38. The quantitative estimate of drug-likeness (QED) is 0.0161. The number of ether oxygens (including phenoxy) is 1. The van der Waals surface area contributed by atoms with E-state index < -0.39 is 26.6 Å². The molecule has 0 aromatic rings. The number of unbranched alkanes of at least 4 members (excludes halogenated alkanes) is 21. The Bertz CT molecular complexity index is 1570. The molecule has 0 aromatic carbocycles. The van der Waals surface area contributed by atoms with Gasteiger partial charge in [-0.3, -0.25) is 14.2 Å². The first kappa shape index (κ1) is 66.7. The van der Waals surface area contributed by atoms with Crippen LogP contribution in [0.3, 0.4) is 0 Å². The Labute approximate surface area is 430 Å². The third-order valence-corrected chi connectivity index (χ3v) is 12.6. The average molecular weight is 995 g/mol. The summed E-state index contributed by atoms with van der Waals surface area (Å²) in [4.78, 5) is 39.8. The molecule has 0 heterocycles. The molecule has 70 heavy (non-hydrogen) atoms. The number of hydrogen-bond donors (Lipinski definition) is 1. The molecule has 1 N–H and O–H groups in total. The van der Waals surface area contributed by atoms with Crippen LogP contribution in [0.15, 0.2) is 109 Å². The van der Waals surface area contributed by atoms with Crippen LogP contribution in [-0.4, -0.2) is 69.4 Å². The molecule has 3 atom stereocenters. The Morgan fingerprint density at radius 1 is 0.529 bits per heavy atom. The van der Waals surface area contributed by atoms with Crippen LogP contribution in [0.2, 0.25) is 0 Å². The van der Waals surface area contributed by atoms with Crippen LogP contribution in [-0.2, 0) is 27.9 Å². The van der Waals surface area contributed by atoms with E-state index in [0.717, 1.165) is 83.5 Å². The number of carbonyl (C=O) groups excluding carboxylic acids is 2. The molecule has 0 bridgehead atoms. The molecular weight excluding hydrogens is 892 g/mol. The molecule has 0 aliphatic heterocycles. The zero-order valence-corrected chi connectivity index (χ0v) is 46.3. The lowest BCUT2D eigenvalue weighted by Gasteiger charge is -2.30. The minimum atomic E-state index is -4.71. The van der Waals surface area contributed by atoms with E-state index in [9.17, 15) is 19.0 Å². The second kappa shape index (κ2) is 49.3. The molecule has 0 saturated heterocycles. The van der Waals surface area contributed by atoms with Crippen molar-refractivity contribution in [1.29, 1.82) is 0 Å². The lowest BCUT2D eigenvalue weighted by Crippen LogP contribution is -2.47. The van der Waals surface area contributed by atoms with Crippen LogP contribution < -0.4 is 10.2 Å². The normalized spacial score (nSPS) is 14.7. The number of phosphoric ester groups is 1. The van der Waals surface area contributed by atoms with Crippen molar-refractivity contribution in [3.8, 4) is 0 Å². The van der Waals surface area contributed by atoms with Gasteiger partial charge in [-0.2, -0.15) is 0 Å². The van der Waals surface area contributed by atoms with E-state index in [1.165, 1.54) is 77.0 Å². The average Bonchev–Trinajstić information content (AvgIpc) is 3.32. The number of esters is 1. The number of quaternary nitrogens is 1. The summed E-state index contributed by atoms with van der Waals surface area (Å²) in [6, 6.07) is -0.921. The fourth-order valence-electron chi connectivity index (χ4n) is 7.35. The van der Waals surface area contributed by atoms with Gasteiger partial charge < -0.3 is 28.5 Å². The Hall–Kier alpha value is -3.33. The molecule has 1 amide bonds. The van der Waals surface area contributed by atoms with Gasteiger partial charge in [0, 0.05) is 12.8 Å². The fourth-order valence-corrected chi connectivity index (χ4v) is 8.08. The van der Waals surface area contributed by atoms with Gasteiger partial charge in [0.05, 0.1) is 33.8 Å². The van der Waals surface area contributed by atoms with E-state index in [0.29, 0.717) is 23.9 Å². The van der Waals surface area contributed by atoms with Crippen LogP contribution in [0.1, 0.15) is 207 Å². The number of carbonyl (C=O) groups is 2. The summed E-state index contributed by atoms with van der Waals surface area (Å²) in [7, 11) is 1.13. The van der Waals surface area contributed by atoms with Crippen molar-refractivity contribution in [2.75, 3.05) is 40.9 Å². The van der Waals surface area contributed by atoms with Crippen molar-refractivity contribution in [1.82, 2.24) is 5.32 Å². The van der Waals surface area contributed by atoms with Crippen LogP contribution in [0.5, 0.6) is 0 Å². The maximum absolute atomic E-state index is 13.5. The van der Waals surface area contributed by atoms with Crippen LogP contribution >= 0.6 is 7.82 Å². The number of rotatable bonds is 48. The molecule has 0 rings (SSSR count). The van der Waals surface area contributed by atoms with Crippen LogP contribution in [0.25, 0.3) is 0 Å².